The normalized spacial score (nSPS) is 14.8. The van der Waals surface area contributed by atoms with Crippen molar-refractivity contribution in [3.8, 4) is 17.2 Å². The van der Waals surface area contributed by atoms with E-state index in [4.69, 9.17) is 11.6 Å². The summed E-state index contributed by atoms with van der Waals surface area (Å²) in [4.78, 5) is 13.6. The van der Waals surface area contributed by atoms with Crippen LogP contribution < -0.4 is 4.90 Å². The van der Waals surface area contributed by atoms with Gasteiger partial charge in [0.15, 0.2) is 0 Å². The monoisotopic (exact) mass is 456 g/mol. The van der Waals surface area contributed by atoms with Gasteiger partial charge >= 0.3 is 0 Å². The van der Waals surface area contributed by atoms with Crippen molar-refractivity contribution in [3.63, 3.8) is 0 Å². The second kappa shape index (κ2) is 9.98. The molecule has 7 heteroatoms. The summed E-state index contributed by atoms with van der Waals surface area (Å²) >= 11 is 6.16. The van der Waals surface area contributed by atoms with Gasteiger partial charge in [-0.3, -0.25) is 4.90 Å². The third kappa shape index (κ3) is 4.97. The van der Waals surface area contributed by atoms with Crippen LogP contribution in [0.25, 0.3) is 23.3 Å². The quantitative estimate of drug-likeness (QED) is 0.416. The number of nitrogens with zero attached hydrogens (tertiary/aromatic N) is 6. The van der Waals surface area contributed by atoms with Gasteiger partial charge in [0.05, 0.1) is 11.9 Å². The highest BCUT2D eigenvalue weighted by Crippen LogP contribution is 2.26. The van der Waals surface area contributed by atoms with Crippen LogP contribution in [0.5, 0.6) is 0 Å². The van der Waals surface area contributed by atoms with Gasteiger partial charge in [0.1, 0.15) is 0 Å². The van der Waals surface area contributed by atoms with Crippen LogP contribution in [0.15, 0.2) is 85.3 Å². The minimum Gasteiger partial charge on any atom is -0.369 e. The molecule has 1 aliphatic rings. The highest BCUT2D eigenvalue weighted by Gasteiger charge is 2.17. The molecule has 0 atom stereocenters. The zero-order valence-corrected chi connectivity index (χ0v) is 19.0. The summed E-state index contributed by atoms with van der Waals surface area (Å²) in [5.74, 6) is 0.563. The molecule has 0 N–H and O–H groups in total. The maximum atomic E-state index is 6.16. The fourth-order valence-corrected chi connectivity index (χ4v) is 4.30. The van der Waals surface area contributed by atoms with E-state index in [1.165, 1.54) is 5.69 Å². The van der Waals surface area contributed by atoms with Gasteiger partial charge in [0.25, 0.3) is 5.95 Å². The predicted octanol–water partition coefficient (Wildman–Crippen LogP) is 4.82. The highest BCUT2D eigenvalue weighted by atomic mass is 35.5. The van der Waals surface area contributed by atoms with Crippen molar-refractivity contribution in [1.82, 2.24) is 24.6 Å². The first-order valence-corrected chi connectivity index (χ1v) is 11.5. The van der Waals surface area contributed by atoms with Crippen molar-refractivity contribution < 1.29 is 0 Å². The molecular formula is C26H25ClN6. The number of piperazine rings is 1. The second-order valence-electron chi connectivity index (χ2n) is 7.95. The Kier molecular flexibility index (Phi) is 6.46. The third-order valence-corrected chi connectivity index (χ3v) is 6.03. The molecule has 0 saturated carbocycles. The van der Waals surface area contributed by atoms with Crippen LogP contribution >= 0.6 is 11.6 Å². The van der Waals surface area contributed by atoms with Gasteiger partial charge in [-0.05, 0) is 24.3 Å². The Balaban J connectivity index is 1.29. The van der Waals surface area contributed by atoms with Gasteiger partial charge in [-0.2, -0.15) is 9.78 Å². The number of benzene rings is 2. The van der Waals surface area contributed by atoms with E-state index >= 15 is 0 Å². The average Bonchev–Trinajstić information content (AvgIpc) is 3.29. The molecule has 1 aliphatic heterocycles. The topological polar surface area (TPSA) is 50.1 Å². The standard InChI is InChI=1S/C26H25ClN6/c27-23-10-4-11-24(19-23)32-17-15-31(16-18-32)14-5-9-22-20-30-33(26-28-12-6-13-29-26)25(22)21-7-2-1-3-8-21/h1-13,19-20H,14-18H2/b9-5+. The first-order chi connectivity index (χ1) is 16.3. The van der Waals surface area contributed by atoms with Gasteiger partial charge in [-0.25, -0.2) is 9.97 Å². The van der Waals surface area contributed by atoms with Gasteiger partial charge < -0.3 is 4.90 Å². The summed E-state index contributed by atoms with van der Waals surface area (Å²) in [6.07, 6.45) is 9.72. The summed E-state index contributed by atoms with van der Waals surface area (Å²) in [6, 6.07) is 20.2. The molecule has 0 amide bonds. The molecule has 166 valence electrons. The summed E-state index contributed by atoms with van der Waals surface area (Å²) in [5.41, 5.74) is 4.31. The molecule has 6 nitrogen and oxygen atoms in total. The lowest BCUT2D eigenvalue weighted by Crippen LogP contribution is -2.46. The summed E-state index contributed by atoms with van der Waals surface area (Å²) in [6.45, 7) is 4.91. The van der Waals surface area contributed by atoms with Crippen LogP contribution in [0.1, 0.15) is 5.56 Å². The zero-order chi connectivity index (χ0) is 22.5. The van der Waals surface area contributed by atoms with Crippen molar-refractivity contribution in [1.29, 1.82) is 0 Å². The van der Waals surface area contributed by atoms with Crippen LogP contribution in [0.4, 0.5) is 5.69 Å². The number of hydrogen-bond acceptors (Lipinski definition) is 5. The van der Waals surface area contributed by atoms with E-state index in [9.17, 15) is 0 Å². The van der Waals surface area contributed by atoms with Gasteiger partial charge in [0.2, 0.25) is 0 Å². The number of aromatic nitrogens is 4. The molecule has 0 unspecified atom stereocenters. The molecule has 5 rings (SSSR count). The van der Waals surface area contributed by atoms with Crippen molar-refractivity contribution in [2.45, 2.75) is 0 Å². The van der Waals surface area contributed by atoms with Crippen molar-refractivity contribution in [2.75, 3.05) is 37.6 Å². The maximum Gasteiger partial charge on any atom is 0.251 e. The second-order valence-corrected chi connectivity index (χ2v) is 8.38. The van der Waals surface area contributed by atoms with Crippen LogP contribution in [0.2, 0.25) is 5.02 Å². The molecule has 1 fully saturated rings. The van der Waals surface area contributed by atoms with Gasteiger partial charge in [-0.15, -0.1) is 0 Å². The lowest BCUT2D eigenvalue weighted by molar-refractivity contribution is 0.284. The molecule has 2 aromatic carbocycles. The molecule has 0 bridgehead atoms. The largest absolute Gasteiger partial charge is 0.369 e. The first kappa shape index (κ1) is 21.4. The van der Waals surface area contributed by atoms with Crippen LogP contribution in [-0.4, -0.2) is 57.4 Å². The minimum atomic E-state index is 0.563. The number of halogens is 1. The number of anilines is 1. The van der Waals surface area contributed by atoms with E-state index < -0.39 is 0 Å². The summed E-state index contributed by atoms with van der Waals surface area (Å²) in [5, 5.41) is 5.37. The van der Waals surface area contributed by atoms with E-state index in [-0.39, 0.29) is 0 Å². The predicted molar refractivity (Wildman–Crippen MR) is 134 cm³/mol. The Bertz CT molecular complexity index is 1210. The smallest absolute Gasteiger partial charge is 0.251 e. The Morgan fingerprint density at radius 3 is 2.42 bits per heavy atom. The molecule has 3 heterocycles. The van der Waals surface area contributed by atoms with Crippen LogP contribution in [0, 0.1) is 0 Å². The molecule has 2 aromatic heterocycles. The Morgan fingerprint density at radius 2 is 1.67 bits per heavy atom. The lowest BCUT2D eigenvalue weighted by Gasteiger charge is -2.35. The number of hydrogen-bond donors (Lipinski definition) is 0. The Hall–Kier alpha value is -3.48. The fraction of sp³-hybridized carbons (Fsp3) is 0.192. The van der Waals surface area contributed by atoms with E-state index in [1.54, 1.807) is 17.1 Å². The lowest BCUT2D eigenvalue weighted by atomic mass is 10.1. The number of rotatable bonds is 6. The van der Waals surface area contributed by atoms with Crippen molar-refractivity contribution in [3.05, 3.63) is 95.9 Å². The zero-order valence-electron chi connectivity index (χ0n) is 18.3. The fourth-order valence-electron chi connectivity index (χ4n) is 4.11. The summed E-state index contributed by atoms with van der Waals surface area (Å²) in [7, 11) is 0. The Morgan fingerprint density at radius 1 is 0.879 bits per heavy atom. The Labute approximate surface area is 198 Å². The maximum absolute atomic E-state index is 6.16. The van der Waals surface area contributed by atoms with E-state index in [1.807, 2.05) is 48.7 Å². The minimum absolute atomic E-state index is 0.563. The first-order valence-electron chi connectivity index (χ1n) is 11.1. The molecular weight excluding hydrogens is 432 g/mol. The van der Waals surface area contributed by atoms with Crippen molar-refractivity contribution >= 4 is 23.4 Å². The SMILES string of the molecule is Clc1cccc(N2CCN(C/C=C/c3cnn(-c4ncccn4)c3-c3ccccc3)CC2)c1. The summed E-state index contributed by atoms with van der Waals surface area (Å²) < 4.78 is 1.80. The molecule has 4 aromatic rings. The van der Waals surface area contributed by atoms with Crippen molar-refractivity contribution in [2.24, 2.45) is 0 Å². The highest BCUT2D eigenvalue weighted by molar-refractivity contribution is 6.30. The van der Waals surface area contributed by atoms with Gasteiger partial charge in [0, 0.05) is 67.0 Å². The van der Waals surface area contributed by atoms with Gasteiger partial charge in [-0.1, -0.05) is 60.2 Å². The molecule has 0 radical (unpaired) electrons. The third-order valence-electron chi connectivity index (χ3n) is 5.79. The van der Waals surface area contributed by atoms with E-state index in [0.717, 1.165) is 54.6 Å². The van der Waals surface area contributed by atoms with E-state index in [2.05, 4.69) is 55.2 Å². The van der Waals surface area contributed by atoms with E-state index in [0.29, 0.717) is 5.95 Å². The average molecular weight is 457 g/mol. The van der Waals surface area contributed by atoms with Crippen LogP contribution in [-0.2, 0) is 0 Å². The molecule has 0 aliphatic carbocycles. The molecule has 33 heavy (non-hydrogen) atoms. The molecule has 1 saturated heterocycles. The molecule has 0 spiro atoms. The van der Waals surface area contributed by atoms with Crippen LogP contribution in [0.3, 0.4) is 0 Å².